The van der Waals surface area contributed by atoms with Crippen LogP contribution in [-0.2, 0) is 16.1 Å². The highest BCUT2D eigenvalue weighted by Crippen LogP contribution is 2.20. The summed E-state index contributed by atoms with van der Waals surface area (Å²) >= 11 is 0. The lowest BCUT2D eigenvalue weighted by molar-refractivity contribution is -0.150. The van der Waals surface area contributed by atoms with Gasteiger partial charge in [0.2, 0.25) is 11.8 Å². The fraction of sp³-hybridized carbons (Fsp3) is 0.562. The monoisotopic (exact) mass is 289 g/mol. The second-order valence-corrected chi connectivity index (χ2v) is 5.78. The van der Waals surface area contributed by atoms with Gasteiger partial charge >= 0.3 is 0 Å². The van der Waals surface area contributed by atoms with Gasteiger partial charge in [-0.3, -0.25) is 14.6 Å². The van der Waals surface area contributed by atoms with Crippen molar-refractivity contribution in [1.82, 2.24) is 15.2 Å². The van der Waals surface area contributed by atoms with E-state index in [1.54, 1.807) is 18.0 Å². The molecule has 114 valence electrons. The summed E-state index contributed by atoms with van der Waals surface area (Å²) in [7, 11) is 0. The van der Waals surface area contributed by atoms with Crippen LogP contribution in [0.3, 0.4) is 0 Å². The lowest BCUT2D eigenvalue weighted by Gasteiger charge is -2.39. The standard InChI is InChI=1S/C16H23N3O2/c1-5-10(2)14-16(21)19(12(4)15(20)18-14)9-13-11(3)7-6-8-17-13/h6-8,10,12,14H,5,9H2,1-4H3,(H,18,20). The molecule has 1 fully saturated rings. The van der Waals surface area contributed by atoms with Crippen LogP contribution in [-0.4, -0.2) is 33.8 Å². The SMILES string of the molecule is CCC(C)C1NC(=O)C(C)N(Cc2ncccc2C)C1=O. The van der Waals surface area contributed by atoms with Crippen molar-refractivity contribution in [2.75, 3.05) is 0 Å². The number of hydrogen-bond acceptors (Lipinski definition) is 3. The first-order valence-corrected chi connectivity index (χ1v) is 7.47. The van der Waals surface area contributed by atoms with Crippen LogP contribution in [0.5, 0.6) is 0 Å². The van der Waals surface area contributed by atoms with Crippen LogP contribution >= 0.6 is 0 Å². The minimum atomic E-state index is -0.459. The molecule has 21 heavy (non-hydrogen) atoms. The van der Waals surface area contributed by atoms with Gasteiger partial charge in [-0.2, -0.15) is 0 Å². The molecule has 0 aromatic carbocycles. The molecule has 1 N–H and O–H groups in total. The molecule has 3 unspecified atom stereocenters. The van der Waals surface area contributed by atoms with Crippen molar-refractivity contribution in [3.05, 3.63) is 29.6 Å². The van der Waals surface area contributed by atoms with Gasteiger partial charge in [0.1, 0.15) is 12.1 Å². The van der Waals surface area contributed by atoms with Crippen molar-refractivity contribution in [3.8, 4) is 0 Å². The van der Waals surface area contributed by atoms with E-state index in [4.69, 9.17) is 0 Å². The molecule has 3 atom stereocenters. The molecule has 1 aliphatic rings. The smallest absolute Gasteiger partial charge is 0.246 e. The Kier molecular flexibility index (Phi) is 4.60. The van der Waals surface area contributed by atoms with E-state index < -0.39 is 12.1 Å². The van der Waals surface area contributed by atoms with Gasteiger partial charge in [0.25, 0.3) is 0 Å². The first-order chi connectivity index (χ1) is 9.95. The number of aryl methyl sites for hydroxylation is 1. The molecule has 1 aromatic rings. The number of pyridine rings is 1. The highest BCUT2D eigenvalue weighted by atomic mass is 16.2. The molecule has 2 rings (SSSR count). The van der Waals surface area contributed by atoms with Crippen molar-refractivity contribution in [2.45, 2.75) is 52.7 Å². The van der Waals surface area contributed by atoms with Crippen LogP contribution in [0.4, 0.5) is 0 Å². The first kappa shape index (κ1) is 15.5. The highest BCUT2D eigenvalue weighted by Gasteiger charge is 2.40. The number of aromatic nitrogens is 1. The minimum Gasteiger partial charge on any atom is -0.342 e. The molecular formula is C16H23N3O2. The summed E-state index contributed by atoms with van der Waals surface area (Å²) in [6.45, 7) is 8.12. The average Bonchev–Trinajstić information content (AvgIpc) is 2.48. The Hall–Kier alpha value is -1.91. The molecule has 2 heterocycles. The Morgan fingerprint density at radius 2 is 2.14 bits per heavy atom. The molecule has 1 aliphatic heterocycles. The van der Waals surface area contributed by atoms with Crippen LogP contribution in [0.15, 0.2) is 18.3 Å². The Morgan fingerprint density at radius 1 is 1.43 bits per heavy atom. The fourth-order valence-corrected chi connectivity index (χ4v) is 2.53. The van der Waals surface area contributed by atoms with E-state index in [0.29, 0.717) is 6.54 Å². The molecule has 0 bridgehead atoms. The lowest BCUT2D eigenvalue weighted by Crippen LogP contribution is -2.63. The number of nitrogens with zero attached hydrogens (tertiary/aromatic N) is 2. The lowest BCUT2D eigenvalue weighted by atomic mass is 9.94. The predicted molar refractivity (Wildman–Crippen MR) is 80.4 cm³/mol. The molecule has 5 heteroatoms. The number of carbonyl (C=O) groups is 2. The molecular weight excluding hydrogens is 266 g/mol. The molecule has 5 nitrogen and oxygen atoms in total. The first-order valence-electron chi connectivity index (χ1n) is 7.47. The quantitative estimate of drug-likeness (QED) is 0.917. The zero-order valence-corrected chi connectivity index (χ0v) is 13.1. The largest absolute Gasteiger partial charge is 0.342 e. The predicted octanol–water partition coefficient (Wildman–Crippen LogP) is 1.65. The summed E-state index contributed by atoms with van der Waals surface area (Å²) in [6, 6.07) is 2.95. The number of hydrogen-bond donors (Lipinski definition) is 1. The summed E-state index contributed by atoms with van der Waals surface area (Å²) in [5, 5.41) is 2.85. The second kappa shape index (κ2) is 6.24. The maximum absolute atomic E-state index is 12.7. The van der Waals surface area contributed by atoms with Crippen molar-refractivity contribution in [1.29, 1.82) is 0 Å². The zero-order chi connectivity index (χ0) is 15.6. The van der Waals surface area contributed by atoms with Crippen molar-refractivity contribution < 1.29 is 9.59 Å². The van der Waals surface area contributed by atoms with Gasteiger partial charge in [-0.25, -0.2) is 0 Å². The maximum atomic E-state index is 12.7. The summed E-state index contributed by atoms with van der Waals surface area (Å²) in [4.78, 5) is 30.8. The Bertz CT molecular complexity index is 544. The van der Waals surface area contributed by atoms with Gasteiger partial charge in [-0.05, 0) is 31.4 Å². The van der Waals surface area contributed by atoms with Gasteiger partial charge in [-0.1, -0.05) is 26.3 Å². The number of nitrogens with one attached hydrogen (secondary N) is 1. The normalized spacial score (nSPS) is 23.9. The second-order valence-electron chi connectivity index (χ2n) is 5.78. The Labute approximate surface area is 125 Å². The Morgan fingerprint density at radius 3 is 2.76 bits per heavy atom. The minimum absolute atomic E-state index is 0.0125. The van der Waals surface area contributed by atoms with E-state index in [1.165, 1.54) is 0 Å². The van der Waals surface area contributed by atoms with Crippen LogP contribution < -0.4 is 5.32 Å². The van der Waals surface area contributed by atoms with Gasteiger partial charge in [0.15, 0.2) is 0 Å². The third-order valence-electron chi connectivity index (χ3n) is 4.34. The molecule has 0 aliphatic carbocycles. The molecule has 0 radical (unpaired) electrons. The van der Waals surface area contributed by atoms with E-state index in [1.807, 2.05) is 32.9 Å². The Balaban J connectivity index is 2.25. The third-order valence-corrected chi connectivity index (χ3v) is 4.34. The summed E-state index contributed by atoms with van der Waals surface area (Å²) in [6.07, 6.45) is 2.56. The number of rotatable bonds is 4. The van der Waals surface area contributed by atoms with E-state index >= 15 is 0 Å². The van der Waals surface area contributed by atoms with Gasteiger partial charge in [0, 0.05) is 6.20 Å². The number of carbonyl (C=O) groups excluding carboxylic acids is 2. The van der Waals surface area contributed by atoms with Crippen LogP contribution in [0, 0.1) is 12.8 Å². The molecule has 0 saturated carbocycles. The number of piperazine rings is 1. The van der Waals surface area contributed by atoms with Crippen LogP contribution in [0.2, 0.25) is 0 Å². The third kappa shape index (κ3) is 3.06. The summed E-state index contributed by atoms with van der Waals surface area (Å²) in [5.74, 6) is 0.0243. The topological polar surface area (TPSA) is 62.3 Å². The maximum Gasteiger partial charge on any atom is 0.246 e. The van der Waals surface area contributed by atoms with Crippen LogP contribution in [0.25, 0.3) is 0 Å². The molecule has 0 spiro atoms. The van der Waals surface area contributed by atoms with Crippen molar-refractivity contribution >= 4 is 11.8 Å². The summed E-state index contributed by atoms with van der Waals surface area (Å²) in [5.41, 5.74) is 1.87. The molecule has 2 amide bonds. The van der Waals surface area contributed by atoms with Gasteiger partial charge in [0.05, 0.1) is 12.2 Å². The molecule has 1 aromatic heterocycles. The van der Waals surface area contributed by atoms with Crippen molar-refractivity contribution in [2.24, 2.45) is 5.92 Å². The average molecular weight is 289 g/mol. The highest BCUT2D eigenvalue weighted by molar-refractivity contribution is 5.96. The summed E-state index contributed by atoms with van der Waals surface area (Å²) < 4.78 is 0. The van der Waals surface area contributed by atoms with Gasteiger partial charge < -0.3 is 10.2 Å². The van der Waals surface area contributed by atoms with Gasteiger partial charge in [-0.15, -0.1) is 0 Å². The molecule has 1 saturated heterocycles. The van der Waals surface area contributed by atoms with E-state index in [0.717, 1.165) is 17.7 Å². The zero-order valence-electron chi connectivity index (χ0n) is 13.1. The van der Waals surface area contributed by atoms with Crippen molar-refractivity contribution in [3.63, 3.8) is 0 Å². The fourth-order valence-electron chi connectivity index (χ4n) is 2.53. The van der Waals surface area contributed by atoms with E-state index in [-0.39, 0.29) is 17.7 Å². The van der Waals surface area contributed by atoms with Crippen LogP contribution in [0.1, 0.15) is 38.4 Å². The van der Waals surface area contributed by atoms with E-state index in [9.17, 15) is 9.59 Å². The van der Waals surface area contributed by atoms with E-state index in [2.05, 4.69) is 10.3 Å². The number of amides is 2.